The number of thiophene rings is 1. The van der Waals surface area contributed by atoms with Gasteiger partial charge in [0.1, 0.15) is 0 Å². The molecule has 1 aliphatic heterocycles. The highest BCUT2D eigenvalue weighted by Gasteiger charge is 2.28. The first-order chi connectivity index (χ1) is 7.74. The molecule has 1 aliphatic rings. The van der Waals surface area contributed by atoms with E-state index in [0.717, 1.165) is 11.1 Å². The lowest BCUT2D eigenvalue weighted by Gasteiger charge is -2.15. The number of anilines is 1. The number of benzene rings is 1. The van der Waals surface area contributed by atoms with Gasteiger partial charge < -0.3 is 10.0 Å². The van der Waals surface area contributed by atoms with Crippen molar-refractivity contribution in [3.05, 3.63) is 29.6 Å². The number of carbonyl (C=O) groups is 1. The molecule has 3 rings (SSSR count). The molecule has 2 aromatic rings. The van der Waals surface area contributed by atoms with Gasteiger partial charge in [-0.3, -0.25) is 4.79 Å². The molecule has 1 aromatic heterocycles. The summed E-state index contributed by atoms with van der Waals surface area (Å²) in [5, 5.41) is 12.6. The number of hydrogen-bond donors (Lipinski definition) is 1. The van der Waals surface area contributed by atoms with Crippen LogP contribution < -0.4 is 4.90 Å². The van der Waals surface area contributed by atoms with Crippen LogP contribution in [0.25, 0.3) is 10.1 Å². The predicted octanol–water partition coefficient (Wildman–Crippen LogP) is 2.00. The molecule has 1 unspecified atom stereocenters. The molecule has 0 aliphatic carbocycles. The normalized spacial score (nSPS) is 20.9. The van der Waals surface area contributed by atoms with Crippen LogP contribution in [0.15, 0.2) is 29.6 Å². The van der Waals surface area contributed by atoms with E-state index in [0.29, 0.717) is 6.54 Å². The van der Waals surface area contributed by atoms with Crippen LogP contribution in [-0.4, -0.2) is 23.7 Å². The molecule has 16 heavy (non-hydrogen) atoms. The van der Waals surface area contributed by atoms with Crippen LogP contribution in [0.1, 0.15) is 6.42 Å². The molecular weight excluding hydrogens is 222 g/mol. The standard InChI is InChI=1S/C12H11NO2S/c14-10-6-12(15)13(7-10)9-1-2-11-8(5-9)3-4-16-11/h1-5,10,14H,6-7H2. The molecule has 2 heterocycles. The lowest BCUT2D eigenvalue weighted by molar-refractivity contribution is -0.117. The zero-order valence-electron chi connectivity index (χ0n) is 8.59. The molecular formula is C12H11NO2S. The zero-order valence-corrected chi connectivity index (χ0v) is 9.41. The summed E-state index contributed by atoms with van der Waals surface area (Å²) in [5.41, 5.74) is 0.882. The number of aliphatic hydroxyl groups excluding tert-OH is 1. The first-order valence-electron chi connectivity index (χ1n) is 5.20. The maximum absolute atomic E-state index is 11.6. The number of hydrogen-bond acceptors (Lipinski definition) is 3. The van der Waals surface area contributed by atoms with Crippen molar-refractivity contribution >= 4 is 33.0 Å². The first-order valence-corrected chi connectivity index (χ1v) is 6.08. The van der Waals surface area contributed by atoms with E-state index in [1.54, 1.807) is 16.2 Å². The first kappa shape index (κ1) is 9.81. The minimum Gasteiger partial charge on any atom is -0.391 e. The second-order valence-electron chi connectivity index (χ2n) is 4.01. The van der Waals surface area contributed by atoms with Gasteiger partial charge in [0.25, 0.3) is 0 Å². The third kappa shape index (κ3) is 1.50. The van der Waals surface area contributed by atoms with Crippen molar-refractivity contribution < 1.29 is 9.90 Å². The summed E-state index contributed by atoms with van der Waals surface area (Å²) in [6.45, 7) is 0.411. The van der Waals surface area contributed by atoms with Crippen molar-refractivity contribution in [2.24, 2.45) is 0 Å². The summed E-state index contributed by atoms with van der Waals surface area (Å²) in [6.07, 6.45) is -0.285. The van der Waals surface area contributed by atoms with E-state index < -0.39 is 6.10 Å². The van der Waals surface area contributed by atoms with Gasteiger partial charge in [0.15, 0.2) is 0 Å². The van der Waals surface area contributed by atoms with E-state index in [2.05, 4.69) is 0 Å². The van der Waals surface area contributed by atoms with Crippen LogP contribution in [0, 0.1) is 0 Å². The number of fused-ring (bicyclic) bond motifs is 1. The third-order valence-electron chi connectivity index (χ3n) is 2.85. The Morgan fingerprint density at radius 1 is 1.38 bits per heavy atom. The number of β-amino-alcohol motifs (C(OH)–C–C–N with tert-alkyl or cyclic N) is 1. The smallest absolute Gasteiger partial charge is 0.229 e. The average Bonchev–Trinajstić information content (AvgIpc) is 2.83. The van der Waals surface area contributed by atoms with Crippen LogP contribution in [-0.2, 0) is 4.79 Å². The van der Waals surface area contributed by atoms with E-state index in [1.807, 2.05) is 29.6 Å². The van der Waals surface area contributed by atoms with Crippen molar-refractivity contribution in [3.8, 4) is 0 Å². The Bertz CT molecular complexity index is 549. The van der Waals surface area contributed by atoms with Crippen LogP contribution in [0.3, 0.4) is 0 Å². The van der Waals surface area contributed by atoms with E-state index in [9.17, 15) is 9.90 Å². The van der Waals surface area contributed by atoms with Crippen LogP contribution in [0.5, 0.6) is 0 Å². The molecule has 0 saturated carbocycles. The fourth-order valence-corrected chi connectivity index (χ4v) is 2.83. The van der Waals surface area contributed by atoms with E-state index >= 15 is 0 Å². The van der Waals surface area contributed by atoms with Gasteiger partial charge in [-0.1, -0.05) is 0 Å². The Kier molecular flexibility index (Phi) is 2.19. The van der Waals surface area contributed by atoms with Gasteiger partial charge in [0, 0.05) is 10.4 Å². The predicted molar refractivity (Wildman–Crippen MR) is 64.8 cm³/mol. The average molecular weight is 233 g/mol. The van der Waals surface area contributed by atoms with E-state index in [1.165, 1.54) is 4.70 Å². The SMILES string of the molecule is O=C1CC(O)CN1c1ccc2sccc2c1. The van der Waals surface area contributed by atoms with Crippen molar-refractivity contribution in [1.29, 1.82) is 0 Å². The highest BCUT2D eigenvalue weighted by molar-refractivity contribution is 7.17. The molecule has 1 atom stereocenters. The van der Waals surface area contributed by atoms with Gasteiger partial charge in [0.2, 0.25) is 5.91 Å². The Morgan fingerprint density at radius 2 is 2.25 bits per heavy atom. The minimum absolute atomic E-state index is 0.00193. The molecule has 1 fully saturated rings. The van der Waals surface area contributed by atoms with E-state index in [4.69, 9.17) is 0 Å². The highest BCUT2D eigenvalue weighted by Crippen LogP contribution is 2.28. The Balaban J connectivity index is 2.02. The number of nitrogens with zero attached hydrogens (tertiary/aromatic N) is 1. The molecule has 4 heteroatoms. The van der Waals surface area contributed by atoms with Gasteiger partial charge in [-0.05, 0) is 35.0 Å². The van der Waals surface area contributed by atoms with Gasteiger partial charge in [-0.2, -0.15) is 0 Å². The summed E-state index contributed by atoms with van der Waals surface area (Å²) < 4.78 is 1.22. The fourth-order valence-electron chi connectivity index (χ4n) is 2.06. The molecule has 0 radical (unpaired) electrons. The monoisotopic (exact) mass is 233 g/mol. The zero-order chi connectivity index (χ0) is 11.1. The number of rotatable bonds is 1. The number of amides is 1. The van der Waals surface area contributed by atoms with Crippen molar-refractivity contribution in [3.63, 3.8) is 0 Å². The summed E-state index contributed by atoms with van der Waals surface area (Å²) in [4.78, 5) is 13.3. The van der Waals surface area contributed by atoms with Gasteiger partial charge in [-0.25, -0.2) is 0 Å². The van der Waals surface area contributed by atoms with Crippen molar-refractivity contribution in [1.82, 2.24) is 0 Å². The third-order valence-corrected chi connectivity index (χ3v) is 3.75. The lowest BCUT2D eigenvalue weighted by atomic mass is 10.2. The second kappa shape index (κ2) is 3.57. The van der Waals surface area contributed by atoms with Gasteiger partial charge in [0.05, 0.1) is 19.1 Å². The van der Waals surface area contributed by atoms with E-state index in [-0.39, 0.29) is 12.3 Å². The summed E-state index contributed by atoms with van der Waals surface area (Å²) in [6, 6.07) is 8.00. The lowest BCUT2D eigenvalue weighted by Crippen LogP contribution is -2.24. The molecule has 1 aromatic carbocycles. The highest BCUT2D eigenvalue weighted by atomic mass is 32.1. The van der Waals surface area contributed by atoms with Gasteiger partial charge >= 0.3 is 0 Å². The Labute approximate surface area is 96.9 Å². The van der Waals surface area contributed by atoms with Crippen molar-refractivity contribution in [2.45, 2.75) is 12.5 Å². The summed E-state index contributed by atoms with van der Waals surface area (Å²) >= 11 is 1.69. The van der Waals surface area contributed by atoms with Gasteiger partial charge in [-0.15, -0.1) is 11.3 Å². The molecule has 1 N–H and O–H groups in total. The van der Waals surface area contributed by atoms with Crippen LogP contribution >= 0.6 is 11.3 Å². The Morgan fingerprint density at radius 3 is 3.00 bits per heavy atom. The maximum Gasteiger partial charge on any atom is 0.229 e. The molecule has 0 bridgehead atoms. The number of carbonyl (C=O) groups excluding carboxylic acids is 1. The van der Waals surface area contributed by atoms with Crippen LogP contribution in [0.2, 0.25) is 0 Å². The van der Waals surface area contributed by atoms with Crippen LogP contribution in [0.4, 0.5) is 5.69 Å². The summed E-state index contributed by atoms with van der Waals surface area (Å²) in [7, 11) is 0. The number of aliphatic hydroxyl groups is 1. The fraction of sp³-hybridized carbons (Fsp3) is 0.250. The molecule has 1 amide bonds. The second-order valence-corrected chi connectivity index (χ2v) is 4.95. The molecule has 82 valence electrons. The molecule has 3 nitrogen and oxygen atoms in total. The quantitative estimate of drug-likeness (QED) is 0.818. The minimum atomic E-state index is -0.523. The largest absolute Gasteiger partial charge is 0.391 e. The molecule has 0 spiro atoms. The summed E-state index contributed by atoms with van der Waals surface area (Å²) in [5.74, 6) is 0.00193. The maximum atomic E-state index is 11.6. The molecule has 1 saturated heterocycles. The topological polar surface area (TPSA) is 40.5 Å². The van der Waals surface area contributed by atoms with Crippen molar-refractivity contribution in [2.75, 3.05) is 11.4 Å². The Hall–Kier alpha value is -1.39.